The Kier molecular flexibility index (Phi) is 5.82. The molecule has 9 heteroatoms. The lowest BCUT2D eigenvalue weighted by atomic mass is 9.94. The van der Waals surface area contributed by atoms with Crippen LogP contribution in [0.25, 0.3) is 17.0 Å². The second-order valence-corrected chi connectivity index (χ2v) is 8.57. The van der Waals surface area contributed by atoms with Crippen LogP contribution in [0.1, 0.15) is 30.0 Å². The molecule has 1 unspecified atom stereocenters. The minimum Gasteiger partial charge on any atom is -0.334 e. The van der Waals surface area contributed by atoms with E-state index >= 15 is 0 Å². The summed E-state index contributed by atoms with van der Waals surface area (Å²) in [5, 5.41) is 7.53. The van der Waals surface area contributed by atoms with Crippen LogP contribution in [-0.4, -0.2) is 16.2 Å². The van der Waals surface area contributed by atoms with Crippen molar-refractivity contribution in [3.63, 3.8) is 0 Å². The molecule has 4 aromatic rings. The average Bonchev–Trinajstić information content (AvgIpc) is 3.31. The van der Waals surface area contributed by atoms with Crippen molar-refractivity contribution in [1.82, 2.24) is 15.5 Å². The number of anilines is 1. The highest BCUT2D eigenvalue weighted by molar-refractivity contribution is 6.30. The third kappa shape index (κ3) is 4.28. The van der Waals surface area contributed by atoms with Gasteiger partial charge in [0.1, 0.15) is 11.6 Å². The minimum atomic E-state index is -0.775. The van der Waals surface area contributed by atoms with Crippen molar-refractivity contribution in [2.24, 2.45) is 0 Å². The topological polar surface area (TPSA) is 71.3 Å². The van der Waals surface area contributed by atoms with E-state index in [-0.39, 0.29) is 5.89 Å². The van der Waals surface area contributed by atoms with Crippen molar-refractivity contribution in [2.45, 2.75) is 19.9 Å². The number of urea groups is 1. The van der Waals surface area contributed by atoms with Gasteiger partial charge >= 0.3 is 6.03 Å². The van der Waals surface area contributed by atoms with Crippen LogP contribution in [0.4, 0.5) is 19.3 Å². The first-order chi connectivity index (χ1) is 16.8. The van der Waals surface area contributed by atoms with Crippen molar-refractivity contribution >= 4 is 28.9 Å². The molecule has 0 fully saturated rings. The molecule has 5 rings (SSSR count). The third-order valence-corrected chi connectivity index (χ3v) is 6.09. The fourth-order valence-corrected chi connectivity index (χ4v) is 4.16. The standard InChI is InChI=1S/C26H19ClF2N4O2/c1-14-6-11-20(13-21(14)29)33-15(2)22(23(30-26(33)34)17-4-3-5-19(28)12-17)25-31-24(32-35-25)16-7-9-18(27)10-8-16/h3-13,23H,1-2H3,(H,30,34). The van der Waals surface area contributed by atoms with Gasteiger partial charge in [-0.2, -0.15) is 4.98 Å². The summed E-state index contributed by atoms with van der Waals surface area (Å²) in [6.45, 7) is 3.34. The van der Waals surface area contributed by atoms with E-state index in [1.54, 1.807) is 62.4 Å². The number of hydrogen-bond acceptors (Lipinski definition) is 4. The van der Waals surface area contributed by atoms with Gasteiger partial charge in [0.15, 0.2) is 0 Å². The van der Waals surface area contributed by atoms with Crippen LogP contribution in [0.2, 0.25) is 5.02 Å². The Morgan fingerprint density at radius 3 is 2.51 bits per heavy atom. The van der Waals surface area contributed by atoms with Gasteiger partial charge in [-0.05, 0) is 73.5 Å². The molecule has 0 spiro atoms. The molecule has 1 aliphatic heterocycles. The fraction of sp³-hybridized carbons (Fsp3) is 0.115. The summed E-state index contributed by atoms with van der Waals surface area (Å²) >= 11 is 5.98. The molecule has 35 heavy (non-hydrogen) atoms. The largest absolute Gasteiger partial charge is 0.334 e. The lowest BCUT2D eigenvalue weighted by Crippen LogP contribution is -2.46. The molecule has 1 atom stereocenters. The van der Waals surface area contributed by atoms with E-state index in [0.29, 0.717) is 44.5 Å². The van der Waals surface area contributed by atoms with Gasteiger partial charge in [0.25, 0.3) is 5.89 Å². The maximum atomic E-state index is 14.3. The SMILES string of the molecule is CC1=C(c2nc(-c3ccc(Cl)cc3)no2)C(c2cccc(F)c2)NC(=O)N1c1ccc(C)c(F)c1. The maximum absolute atomic E-state index is 14.3. The van der Waals surface area contributed by atoms with Gasteiger partial charge in [-0.15, -0.1) is 0 Å². The summed E-state index contributed by atoms with van der Waals surface area (Å²) in [7, 11) is 0. The number of nitrogens with zero attached hydrogens (tertiary/aromatic N) is 3. The second kappa shape index (κ2) is 8.96. The first-order valence-corrected chi connectivity index (χ1v) is 11.1. The molecule has 0 saturated heterocycles. The van der Waals surface area contributed by atoms with Gasteiger partial charge in [-0.3, -0.25) is 4.90 Å². The predicted octanol–water partition coefficient (Wildman–Crippen LogP) is 6.68. The number of carbonyl (C=O) groups excluding carboxylic acids is 1. The zero-order valence-corrected chi connectivity index (χ0v) is 19.5. The van der Waals surface area contributed by atoms with E-state index in [0.717, 1.165) is 0 Å². The zero-order chi connectivity index (χ0) is 24.7. The highest BCUT2D eigenvalue weighted by Crippen LogP contribution is 2.39. The van der Waals surface area contributed by atoms with E-state index in [1.165, 1.54) is 23.1 Å². The number of rotatable bonds is 4. The van der Waals surface area contributed by atoms with E-state index in [1.807, 2.05) is 0 Å². The van der Waals surface area contributed by atoms with Crippen molar-refractivity contribution in [1.29, 1.82) is 0 Å². The molecular weight excluding hydrogens is 474 g/mol. The lowest BCUT2D eigenvalue weighted by molar-refractivity contribution is 0.244. The second-order valence-electron chi connectivity index (χ2n) is 8.14. The summed E-state index contributed by atoms with van der Waals surface area (Å²) < 4.78 is 34.0. The van der Waals surface area contributed by atoms with Crippen LogP contribution in [0.5, 0.6) is 0 Å². The number of carbonyl (C=O) groups is 1. The highest BCUT2D eigenvalue weighted by atomic mass is 35.5. The number of aromatic nitrogens is 2. The Hall–Kier alpha value is -4.04. The monoisotopic (exact) mass is 492 g/mol. The maximum Gasteiger partial charge on any atom is 0.327 e. The third-order valence-electron chi connectivity index (χ3n) is 5.84. The molecular formula is C26H19ClF2N4O2. The van der Waals surface area contributed by atoms with Crippen molar-refractivity contribution in [3.05, 3.63) is 106 Å². The van der Waals surface area contributed by atoms with Gasteiger partial charge in [0, 0.05) is 16.3 Å². The Bertz CT molecular complexity index is 1470. The van der Waals surface area contributed by atoms with Crippen LogP contribution in [0.15, 0.2) is 77.0 Å². The van der Waals surface area contributed by atoms with Crippen LogP contribution >= 0.6 is 11.6 Å². The van der Waals surface area contributed by atoms with Gasteiger partial charge in [0.05, 0.1) is 17.3 Å². The fourth-order valence-electron chi connectivity index (χ4n) is 4.04. The van der Waals surface area contributed by atoms with Crippen LogP contribution in [-0.2, 0) is 0 Å². The summed E-state index contributed by atoms with van der Waals surface area (Å²) in [5.74, 6) is -0.442. The van der Waals surface area contributed by atoms with E-state index in [4.69, 9.17) is 16.1 Å². The summed E-state index contributed by atoms with van der Waals surface area (Å²) in [4.78, 5) is 19.1. The van der Waals surface area contributed by atoms with Crippen LogP contribution < -0.4 is 10.2 Å². The quantitative estimate of drug-likeness (QED) is 0.345. The number of amides is 2. The minimum absolute atomic E-state index is 0.138. The molecule has 0 radical (unpaired) electrons. The number of allylic oxidation sites excluding steroid dienone is 1. The molecule has 1 N–H and O–H groups in total. The van der Waals surface area contributed by atoms with Crippen molar-refractivity contribution < 1.29 is 18.1 Å². The van der Waals surface area contributed by atoms with E-state index < -0.39 is 23.7 Å². The van der Waals surface area contributed by atoms with Crippen molar-refractivity contribution in [2.75, 3.05) is 4.90 Å². The smallest absolute Gasteiger partial charge is 0.327 e. The molecule has 1 aliphatic rings. The average molecular weight is 493 g/mol. The molecule has 0 bridgehead atoms. The molecule has 0 aliphatic carbocycles. The highest BCUT2D eigenvalue weighted by Gasteiger charge is 2.36. The predicted molar refractivity (Wildman–Crippen MR) is 129 cm³/mol. The summed E-state index contributed by atoms with van der Waals surface area (Å²) in [5.41, 5.74) is 2.86. The number of aryl methyl sites for hydroxylation is 1. The molecule has 1 aromatic heterocycles. The number of nitrogens with one attached hydrogen (secondary N) is 1. The Labute approximate surface area is 204 Å². The summed E-state index contributed by atoms with van der Waals surface area (Å²) in [6.07, 6.45) is 0. The zero-order valence-electron chi connectivity index (χ0n) is 18.7. The first kappa shape index (κ1) is 22.7. The lowest BCUT2D eigenvalue weighted by Gasteiger charge is -2.35. The summed E-state index contributed by atoms with van der Waals surface area (Å²) in [6, 6.07) is 16.1. The van der Waals surface area contributed by atoms with Gasteiger partial charge in [0.2, 0.25) is 5.82 Å². The van der Waals surface area contributed by atoms with Crippen LogP contribution in [0.3, 0.4) is 0 Å². The molecule has 2 amide bonds. The normalized spacial score (nSPS) is 16.0. The Morgan fingerprint density at radius 2 is 1.80 bits per heavy atom. The Balaban J connectivity index is 1.66. The molecule has 2 heterocycles. The first-order valence-electron chi connectivity index (χ1n) is 10.7. The van der Waals surface area contributed by atoms with Gasteiger partial charge in [-0.25, -0.2) is 13.6 Å². The number of halogens is 3. The van der Waals surface area contributed by atoms with Gasteiger partial charge in [-0.1, -0.05) is 35.0 Å². The van der Waals surface area contributed by atoms with Crippen molar-refractivity contribution in [3.8, 4) is 11.4 Å². The van der Waals surface area contributed by atoms with Crippen LogP contribution in [0, 0.1) is 18.6 Å². The number of benzene rings is 3. The van der Waals surface area contributed by atoms with E-state index in [2.05, 4.69) is 15.5 Å². The number of hydrogen-bond donors (Lipinski definition) is 1. The molecule has 176 valence electrons. The molecule has 0 saturated carbocycles. The van der Waals surface area contributed by atoms with E-state index in [9.17, 15) is 13.6 Å². The van der Waals surface area contributed by atoms with Gasteiger partial charge < -0.3 is 9.84 Å². The molecule has 3 aromatic carbocycles. The molecule has 6 nitrogen and oxygen atoms in total. The Morgan fingerprint density at radius 1 is 1.03 bits per heavy atom.